The number of likely N-dealkylation sites (N-methyl/N-ethyl adjacent to an activating group) is 2. The van der Waals surface area contributed by atoms with Crippen molar-refractivity contribution in [1.82, 2.24) is 30.2 Å². The molecule has 27 heteroatoms. The molecule has 549 valence electrons. The van der Waals surface area contributed by atoms with Crippen molar-refractivity contribution in [3.8, 4) is 52.1 Å². The van der Waals surface area contributed by atoms with Gasteiger partial charge in [-0.25, -0.2) is 9.59 Å². The van der Waals surface area contributed by atoms with Gasteiger partial charge < -0.3 is 69.1 Å². The fraction of sp³-hybridized carbons (Fsp3) is 0.364. The molecular weight excluding hydrogens is 1430 g/mol. The molecule has 0 spiro atoms. The number of carbonyl (C=O) groups excluding carboxylic acids is 4. The first-order chi connectivity index (χ1) is 49.5. The van der Waals surface area contributed by atoms with Crippen LogP contribution in [-0.2, 0) is 67.1 Å². The number of hydrogen-bond acceptors (Lipinski definition) is 22. The molecule has 26 nitrogen and oxygen atoms in total. The van der Waals surface area contributed by atoms with Crippen LogP contribution in [0.25, 0.3) is 12.2 Å². The Morgan fingerprint density at radius 1 is 0.615 bits per heavy atom. The van der Waals surface area contributed by atoms with Crippen molar-refractivity contribution in [3.05, 3.63) is 209 Å². The minimum atomic E-state index is -1.50. The van der Waals surface area contributed by atoms with Crippen LogP contribution in [0.1, 0.15) is 113 Å². The summed E-state index contributed by atoms with van der Waals surface area (Å²) in [5.74, 6) is 2.31. The molecule has 2 unspecified atom stereocenters. The number of nitrogens with one attached hydrogen (secondary N) is 2. The molecule has 0 aliphatic carbocycles. The van der Waals surface area contributed by atoms with E-state index in [9.17, 15) is 39.8 Å². The summed E-state index contributed by atoms with van der Waals surface area (Å²) >= 11 is 0. The van der Waals surface area contributed by atoms with Crippen LogP contribution < -0.4 is 39.1 Å². The standard InChI is InChI=1S/C39H40N4O7.C38H41N3O8.Ag.HNO3/c1-6-14-47-39(46)50-36-23(4)37-38(49-20-48-37)33-26(36)17-28-34-32-25(15-21(2)22(3)35(32)45)16-27(42(34)5)29(18-40)43(28)30(33)19-41-31(44)13-12-24-10-8-7-9-11-24;1-6-14-46-38(45)49-34-22(4)35-36(48-19-47-35)31-25(34)17-26-32-30-24(15-20(2)21(3)33(30)43)16-27(40(32)5)37(44)41(26)28(31)18-39-29(42)13-12-23-10-8-7-9-11-23;;2-1(3)4/h6-13,15,27-30,34,45H,1,14,16-17,19-20H2,2-5H3,(H,41,44);6-13,15,26-28,32,37,43-44H,1,14,16-19H2,2-5H3,(H,39,42);;(H,2,3,4)/b2*13-12+;;/t27-,28?,29-,30-,34-;26?,27-,28-,32-,37-;;/m00../s1. The number of aliphatic hydroxyl groups is 1. The number of phenolic OH excluding ortho intramolecular Hbond substituents is 2. The number of fused-ring (bicyclic) bond motifs is 18. The van der Waals surface area contributed by atoms with E-state index in [0.717, 1.165) is 55.6 Å². The Kier molecular flexibility index (Phi) is 22.6. The zero-order chi connectivity index (χ0) is 73.4. The molecule has 6 N–H and O–H groups in total. The summed E-state index contributed by atoms with van der Waals surface area (Å²) < 4.78 is 46.3. The minimum Gasteiger partial charge on any atom is -0.507 e. The Balaban J connectivity index is 0.000000196. The van der Waals surface area contributed by atoms with Gasteiger partial charge in [-0.2, -0.15) is 5.26 Å². The van der Waals surface area contributed by atoms with Crippen LogP contribution in [0.2, 0.25) is 0 Å². The molecule has 2 amide bonds. The second kappa shape index (κ2) is 31.4. The molecule has 1 radical (unpaired) electrons. The molecular formula is C77H82AgN8O18. The zero-order valence-electron chi connectivity index (χ0n) is 58.6. The summed E-state index contributed by atoms with van der Waals surface area (Å²) in [5, 5.41) is 66.2. The summed E-state index contributed by atoms with van der Waals surface area (Å²) in [6.45, 7) is 18.7. The van der Waals surface area contributed by atoms with Crippen LogP contribution in [-0.4, -0.2) is 160 Å². The number of aliphatic hydroxyl groups excluding tert-OH is 1. The van der Waals surface area contributed by atoms with E-state index in [1.807, 2.05) is 107 Å². The Hall–Kier alpha value is -10.2. The van der Waals surface area contributed by atoms with Gasteiger partial charge >= 0.3 is 12.3 Å². The van der Waals surface area contributed by atoms with E-state index in [2.05, 4.69) is 56.7 Å². The van der Waals surface area contributed by atoms with Crippen molar-refractivity contribution < 1.29 is 105 Å². The van der Waals surface area contributed by atoms with Gasteiger partial charge in [0, 0.05) is 110 Å². The Bertz CT molecular complexity index is 4490. The van der Waals surface area contributed by atoms with Crippen molar-refractivity contribution in [1.29, 1.82) is 5.26 Å². The maximum atomic E-state index is 13.3. The fourth-order valence-corrected chi connectivity index (χ4v) is 16.3. The SMILES string of the molecule is C=CCOC(=O)Oc1c(C)c2c(c3c1CC1[C@H]4c5c(cc(C)c(C)c5O)C[C@@H]([C@H](C#N)N1[C@H]3CNC(=O)/C=C/c1ccccc1)N4C)OCO2.C=CCOC(=O)Oc1c(C)c2c(c3c1CC1[C@H]4c5c(cc(C)c(C)c5O)C[C@@H]([C@H](O)N1[C@H]3CNC(=O)/C=C/c1ccccc1)N4C)OCO2.O=[N+]([O-])O.[Ag]. The number of aryl methyl sites for hydroxylation is 2. The second-order valence-corrected chi connectivity index (χ2v) is 26.6. The van der Waals surface area contributed by atoms with E-state index in [4.69, 9.17) is 53.2 Å². The van der Waals surface area contributed by atoms with Gasteiger partial charge in [-0.15, -0.1) is 10.1 Å². The van der Waals surface area contributed by atoms with E-state index in [0.29, 0.717) is 82.1 Å². The van der Waals surface area contributed by atoms with E-state index in [1.54, 1.807) is 26.0 Å². The number of amides is 2. The Morgan fingerprint density at radius 2 is 1.01 bits per heavy atom. The van der Waals surface area contributed by atoms with Crippen LogP contribution in [0.15, 0.2) is 110 Å². The molecule has 6 aromatic carbocycles. The molecule has 10 atom stereocenters. The van der Waals surface area contributed by atoms with Gasteiger partial charge in [-0.3, -0.25) is 29.2 Å². The molecule has 8 heterocycles. The molecule has 2 saturated heterocycles. The topological polar surface area (TPSA) is 327 Å². The normalized spacial score (nSPS) is 22.6. The van der Waals surface area contributed by atoms with Crippen LogP contribution >= 0.6 is 0 Å². The predicted octanol–water partition coefficient (Wildman–Crippen LogP) is 9.77. The fourth-order valence-electron chi connectivity index (χ4n) is 16.3. The number of piperazine rings is 2. The summed E-state index contributed by atoms with van der Waals surface area (Å²) in [7, 11) is 3.98. The number of hydrogen-bond donors (Lipinski definition) is 6. The summed E-state index contributed by atoms with van der Waals surface area (Å²) in [6.07, 6.45) is 8.41. The van der Waals surface area contributed by atoms with Crippen molar-refractivity contribution >= 4 is 36.3 Å². The van der Waals surface area contributed by atoms with E-state index in [1.165, 1.54) is 24.3 Å². The third-order valence-electron chi connectivity index (χ3n) is 21.1. The van der Waals surface area contributed by atoms with Gasteiger partial charge in [0.2, 0.25) is 25.4 Å². The van der Waals surface area contributed by atoms with Gasteiger partial charge in [-0.1, -0.05) is 98.1 Å². The van der Waals surface area contributed by atoms with E-state index in [-0.39, 0.29) is 127 Å². The number of phenols is 2. The first kappa shape index (κ1) is 75.0. The third kappa shape index (κ3) is 14.1. The van der Waals surface area contributed by atoms with Gasteiger partial charge in [0.15, 0.2) is 23.0 Å². The molecule has 0 aromatic heterocycles. The smallest absolute Gasteiger partial charge is 0.507 e. The maximum Gasteiger partial charge on any atom is 0.514 e. The minimum absolute atomic E-state index is 0. The number of nitriles is 1. The van der Waals surface area contributed by atoms with Crippen molar-refractivity contribution in [2.45, 2.75) is 128 Å². The van der Waals surface area contributed by atoms with Crippen molar-refractivity contribution in [2.24, 2.45) is 0 Å². The molecule has 14 rings (SSSR count). The number of ether oxygens (including phenoxy) is 8. The Labute approximate surface area is 616 Å². The van der Waals surface area contributed by atoms with Crippen LogP contribution in [0.5, 0.6) is 46.0 Å². The predicted molar refractivity (Wildman–Crippen MR) is 375 cm³/mol. The molecule has 104 heavy (non-hydrogen) atoms. The largest absolute Gasteiger partial charge is 0.514 e. The third-order valence-corrected chi connectivity index (χ3v) is 21.1. The number of nitrogens with zero attached hydrogens (tertiary/aromatic N) is 6. The van der Waals surface area contributed by atoms with Crippen molar-refractivity contribution in [2.75, 3.05) is 54.0 Å². The first-order valence-electron chi connectivity index (χ1n) is 33.8. The number of aromatic hydroxyl groups is 2. The van der Waals surface area contributed by atoms with Gasteiger partial charge in [-0.05, 0) is 138 Å². The molecule has 0 saturated carbocycles. The molecule has 2 fully saturated rings. The second-order valence-electron chi connectivity index (χ2n) is 26.6. The monoisotopic (exact) mass is 1510 g/mol. The van der Waals surface area contributed by atoms with E-state index >= 15 is 0 Å². The number of carbonyl (C=O) groups is 4. The zero-order valence-corrected chi connectivity index (χ0v) is 60.1. The maximum absolute atomic E-state index is 13.3. The van der Waals surface area contributed by atoms with Crippen LogP contribution in [0.4, 0.5) is 9.59 Å². The Morgan fingerprint density at radius 3 is 1.43 bits per heavy atom. The number of benzene rings is 6. The number of rotatable bonds is 14. The summed E-state index contributed by atoms with van der Waals surface area (Å²) in [4.78, 5) is 69.4. The molecule has 4 bridgehead atoms. The van der Waals surface area contributed by atoms with Crippen LogP contribution in [0.3, 0.4) is 0 Å². The molecule has 6 aromatic rings. The van der Waals surface area contributed by atoms with Crippen molar-refractivity contribution in [3.63, 3.8) is 0 Å². The average molecular weight is 1520 g/mol. The van der Waals surface area contributed by atoms with Crippen LogP contribution in [0, 0.1) is 63.0 Å². The molecule has 8 aliphatic rings. The van der Waals surface area contributed by atoms with Gasteiger partial charge in [0.1, 0.15) is 48.5 Å². The quantitative estimate of drug-likeness (QED) is 0.0112. The first-order valence-corrected chi connectivity index (χ1v) is 33.8. The van der Waals surface area contributed by atoms with E-state index < -0.39 is 47.8 Å². The summed E-state index contributed by atoms with van der Waals surface area (Å²) in [5.41, 5.74) is 12.9. The van der Waals surface area contributed by atoms with Gasteiger partial charge in [0.25, 0.3) is 5.09 Å². The molecule has 8 aliphatic heterocycles. The van der Waals surface area contributed by atoms with Gasteiger partial charge in [0.05, 0.1) is 36.3 Å². The average Bonchev–Trinajstić information content (AvgIpc) is 0.942. The summed E-state index contributed by atoms with van der Waals surface area (Å²) in [6, 6.07) is 22.2.